The highest BCUT2D eigenvalue weighted by Gasteiger charge is 2.24. The monoisotopic (exact) mass is 547 g/mol. The molecule has 4 N–H and O–H groups in total. The minimum Gasteiger partial charge on any atom is -0.480 e. The van der Waals surface area contributed by atoms with Gasteiger partial charge in [-0.15, -0.1) is 0 Å². The summed E-state index contributed by atoms with van der Waals surface area (Å²) in [4.78, 5) is 48.7. The molecule has 3 rings (SSSR count). The SMILES string of the molecule is O=C(/C=C/c1ccco1)NCc1cc(Cl)c(C(=O)N[C@@H](CCNC(=O)C2=CCCCC2)C(=O)O)c(Cl)c1. The first-order chi connectivity index (χ1) is 17.7. The van der Waals surface area contributed by atoms with Crippen molar-refractivity contribution in [3.63, 3.8) is 0 Å². The molecule has 0 saturated carbocycles. The van der Waals surface area contributed by atoms with E-state index >= 15 is 0 Å². The molecule has 0 bridgehead atoms. The van der Waals surface area contributed by atoms with Gasteiger partial charge in [-0.05, 0) is 68.0 Å². The third kappa shape index (κ3) is 8.51. The standard InChI is InChI=1S/C26H27Cl2N3O6/c27-19-13-16(15-30-22(32)9-8-18-7-4-12-37-18)14-20(28)23(19)25(34)31-21(26(35)36)10-11-29-24(33)17-5-2-1-3-6-17/h4-5,7-9,12-14,21H,1-3,6,10-11,15H2,(H,29,33)(H,30,32)(H,31,34)(H,35,36)/b9-8+/t21-/m0/s1. The van der Waals surface area contributed by atoms with Crippen molar-refractivity contribution >= 4 is 53.0 Å². The number of benzene rings is 1. The third-order valence-corrected chi connectivity index (χ3v) is 6.24. The summed E-state index contributed by atoms with van der Waals surface area (Å²) in [5.41, 5.74) is 1.16. The zero-order chi connectivity index (χ0) is 26.8. The van der Waals surface area contributed by atoms with Crippen LogP contribution < -0.4 is 16.0 Å². The average Bonchev–Trinajstić information content (AvgIpc) is 3.39. The molecule has 0 radical (unpaired) electrons. The maximum Gasteiger partial charge on any atom is 0.326 e. The topological polar surface area (TPSA) is 138 Å². The lowest BCUT2D eigenvalue weighted by Gasteiger charge is -2.17. The molecule has 11 heteroatoms. The van der Waals surface area contributed by atoms with Gasteiger partial charge in [0.15, 0.2) is 0 Å². The highest BCUT2D eigenvalue weighted by molar-refractivity contribution is 6.39. The van der Waals surface area contributed by atoms with Crippen molar-refractivity contribution in [2.45, 2.75) is 44.7 Å². The summed E-state index contributed by atoms with van der Waals surface area (Å²) in [6.07, 6.45) is 9.74. The van der Waals surface area contributed by atoms with Crippen molar-refractivity contribution in [2.24, 2.45) is 0 Å². The highest BCUT2D eigenvalue weighted by Crippen LogP contribution is 2.27. The van der Waals surface area contributed by atoms with E-state index in [0.717, 1.165) is 19.3 Å². The van der Waals surface area contributed by atoms with E-state index in [0.29, 0.717) is 23.3 Å². The maximum atomic E-state index is 12.8. The molecule has 3 amide bonds. The van der Waals surface area contributed by atoms with E-state index in [4.69, 9.17) is 27.6 Å². The van der Waals surface area contributed by atoms with Crippen LogP contribution in [-0.4, -0.2) is 41.4 Å². The predicted molar refractivity (Wildman–Crippen MR) is 139 cm³/mol. The van der Waals surface area contributed by atoms with E-state index in [-0.39, 0.29) is 46.9 Å². The summed E-state index contributed by atoms with van der Waals surface area (Å²) >= 11 is 12.5. The van der Waals surface area contributed by atoms with Crippen LogP contribution in [0.15, 0.2) is 52.7 Å². The van der Waals surface area contributed by atoms with Crippen LogP contribution in [0.5, 0.6) is 0 Å². The minimum absolute atomic E-state index is 0.00190. The van der Waals surface area contributed by atoms with E-state index in [9.17, 15) is 24.3 Å². The van der Waals surface area contributed by atoms with Crippen LogP contribution >= 0.6 is 23.2 Å². The van der Waals surface area contributed by atoms with Crippen molar-refractivity contribution in [3.05, 3.63) is 75.2 Å². The van der Waals surface area contributed by atoms with Crippen molar-refractivity contribution in [3.8, 4) is 0 Å². The fourth-order valence-electron chi connectivity index (χ4n) is 3.71. The molecule has 2 aromatic rings. The summed E-state index contributed by atoms with van der Waals surface area (Å²) in [6.45, 7) is 0.165. The molecule has 196 valence electrons. The number of hydrogen-bond acceptors (Lipinski definition) is 5. The number of nitrogens with one attached hydrogen (secondary N) is 3. The number of carbonyl (C=O) groups excluding carboxylic acids is 3. The Hall–Kier alpha value is -3.56. The molecule has 0 saturated heterocycles. The zero-order valence-corrected chi connectivity index (χ0v) is 21.4. The fourth-order valence-corrected chi connectivity index (χ4v) is 4.42. The Morgan fingerprint density at radius 1 is 1.08 bits per heavy atom. The fraction of sp³-hybridized carbons (Fsp3) is 0.308. The molecule has 1 aromatic carbocycles. The van der Waals surface area contributed by atoms with Crippen LogP contribution in [-0.2, 0) is 20.9 Å². The number of carboxylic acids is 1. The van der Waals surface area contributed by atoms with Gasteiger partial charge in [0.25, 0.3) is 5.91 Å². The van der Waals surface area contributed by atoms with Crippen LogP contribution in [0.25, 0.3) is 6.08 Å². The van der Waals surface area contributed by atoms with Crippen LogP contribution in [0.2, 0.25) is 10.0 Å². The molecule has 0 unspecified atom stereocenters. The molecule has 0 fully saturated rings. The van der Waals surface area contributed by atoms with Gasteiger partial charge in [0.1, 0.15) is 11.8 Å². The molecule has 1 aliphatic rings. The van der Waals surface area contributed by atoms with Gasteiger partial charge in [-0.1, -0.05) is 29.3 Å². The van der Waals surface area contributed by atoms with E-state index in [1.54, 1.807) is 12.1 Å². The van der Waals surface area contributed by atoms with Gasteiger partial charge in [-0.3, -0.25) is 14.4 Å². The van der Waals surface area contributed by atoms with Gasteiger partial charge >= 0.3 is 5.97 Å². The molecule has 1 atom stereocenters. The molecule has 9 nitrogen and oxygen atoms in total. The Labute approximate surface area is 223 Å². The van der Waals surface area contributed by atoms with Gasteiger partial charge in [-0.25, -0.2) is 4.79 Å². The number of rotatable bonds is 11. The maximum absolute atomic E-state index is 12.8. The minimum atomic E-state index is -1.26. The van der Waals surface area contributed by atoms with Crippen molar-refractivity contribution in [1.82, 2.24) is 16.0 Å². The number of amides is 3. The summed E-state index contributed by atoms with van der Waals surface area (Å²) < 4.78 is 5.12. The number of carboxylic acid groups (broad SMARTS) is 1. The Balaban J connectivity index is 1.55. The summed E-state index contributed by atoms with van der Waals surface area (Å²) in [5.74, 6) is -2.09. The quantitative estimate of drug-likeness (QED) is 0.312. The molecule has 0 spiro atoms. The highest BCUT2D eigenvalue weighted by atomic mass is 35.5. The first-order valence-electron chi connectivity index (χ1n) is 11.7. The van der Waals surface area contributed by atoms with Crippen molar-refractivity contribution in [1.29, 1.82) is 0 Å². The molecule has 1 aliphatic carbocycles. The van der Waals surface area contributed by atoms with Crippen LogP contribution in [0, 0.1) is 0 Å². The summed E-state index contributed by atoms with van der Waals surface area (Å²) in [6, 6.07) is 5.07. The smallest absolute Gasteiger partial charge is 0.326 e. The Morgan fingerprint density at radius 2 is 1.84 bits per heavy atom. The second kappa shape index (κ2) is 13.7. The normalized spacial score (nSPS) is 14.1. The molecule has 37 heavy (non-hydrogen) atoms. The van der Waals surface area contributed by atoms with Gasteiger partial charge in [0.2, 0.25) is 11.8 Å². The summed E-state index contributed by atoms with van der Waals surface area (Å²) in [5, 5.41) is 17.3. The zero-order valence-electron chi connectivity index (χ0n) is 19.9. The van der Waals surface area contributed by atoms with E-state index in [1.807, 2.05) is 6.08 Å². The van der Waals surface area contributed by atoms with Gasteiger partial charge in [0.05, 0.1) is 21.9 Å². The van der Waals surface area contributed by atoms with Crippen molar-refractivity contribution in [2.75, 3.05) is 6.54 Å². The lowest BCUT2D eigenvalue weighted by atomic mass is 9.99. The van der Waals surface area contributed by atoms with Crippen molar-refractivity contribution < 1.29 is 28.7 Å². The predicted octanol–water partition coefficient (Wildman–Crippen LogP) is 4.11. The number of hydrogen-bond donors (Lipinski definition) is 4. The Kier molecular flexibility index (Phi) is 10.3. The van der Waals surface area contributed by atoms with Crippen LogP contribution in [0.1, 0.15) is 53.8 Å². The number of halogens is 2. The number of furan rings is 1. The van der Waals surface area contributed by atoms with Crippen LogP contribution in [0.3, 0.4) is 0 Å². The second-order valence-electron chi connectivity index (χ2n) is 8.39. The number of aliphatic carboxylic acids is 1. The third-order valence-electron chi connectivity index (χ3n) is 5.64. The Bertz CT molecular complexity index is 1180. The molecular weight excluding hydrogens is 521 g/mol. The van der Waals surface area contributed by atoms with Gasteiger partial charge < -0.3 is 25.5 Å². The van der Waals surface area contributed by atoms with E-state index in [1.165, 1.54) is 30.5 Å². The van der Waals surface area contributed by atoms with Gasteiger partial charge in [-0.2, -0.15) is 0 Å². The first-order valence-corrected chi connectivity index (χ1v) is 12.5. The average molecular weight is 548 g/mol. The molecule has 1 heterocycles. The van der Waals surface area contributed by atoms with E-state index < -0.39 is 17.9 Å². The molecule has 1 aromatic heterocycles. The summed E-state index contributed by atoms with van der Waals surface area (Å²) in [7, 11) is 0. The second-order valence-corrected chi connectivity index (χ2v) is 9.20. The van der Waals surface area contributed by atoms with Crippen LogP contribution in [0.4, 0.5) is 0 Å². The molecular formula is C26H27Cl2N3O6. The van der Waals surface area contributed by atoms with E-state index in [2.05, 4.69) is 16.0 Å². The Morgan fingerprint density at radius 3 is 2.46 bits per heavy atom. The number of allylic oxidation sites excluding steroid dienone is 1. The first kappa shape index (κ1) is 28.0. The number of carbonyl (C=O) groups is 4. The molecule has 0 aliphatic heterocycles. The lowest BCUT2D eigenvalue weighted by molar-refractivity contribution is -0.139. The van der Waals surface area contributed by atoms with Gasteiger partial charge in [0, 0.05) is 24.7 Å². The largest absolute Gasteiger partial charge is 0.480 e. The lowest BCUT2D eigenvalue weighted by Crippen LogP contribution is -2.43.